The zero-order valence-corrected chi connectivity index (χ0v) is 19.8. The fourth-order valence-electron chi connectivity index (χ4n) is 3.77. The van der Waals surface area contributed by atoms with Crippen LogP contribution in [0.15, 0.2) is 60.9 Å². The minimum Gasteiger partial charge on any atom is -0.373 e. The number of ether oxygens (including phenoxy) is 1. The molecule has 0 aliphatic carbocycles. The average Bonchev–Trinajstić information content (AvgIpc) is 2.88. The van der Waals surface area contributed by atoms with Gasteiger partial charge in [0, 0.05) is 30.4 Å². The molecule has 0 bridgehead atoms. The molecule has 1 saturated heterocycles. The summed E-state index contributed by atoms with van der Waals surface area (Å²) >= 11 is 0. The maximum atomic E-state index is 12.2. The lowest BCUT2D eigenvalue weighted by Gasteiger charge is -2.31. The first-order chi connectivity index (χ1) is 16.6. The molecule has 8 nitrogen and oxygen atoms in total. The fourth-order valence-corrected chi connectivity index (χ4v) is 3.77. The smallest absolute Gasteiger partial charge is 0.231 e. The number of amides is 1. The van der Waals surface area contributed by atoms with Crippen LogP contribution in [0.2, 0.25) is 0 Å². The van der Waals surface area contributed by atoms with Crippen molar-refractivity contribution < 1.29 is 9.53 Å². The van der Waals surface area contributed by atoms with Crippen molar-refractivity contribution in [3.8, 4) is 0 Å². The third kappa shape index (κ3) is 6.51. The summed E-state index contributed by atoms with van der Waals surface area (Å²) in [6.45, 7) is 6.23. The highest BCUT2D eigenvalue weighted by Gasteiger charge is 2.22. The highest BCUT2D eigenvalue weighted by atomic mass is 16.5. The largest absolute Gasteiger partial charge is 0.373 e. The molecule has 2 heterocycles. The lowest BCUT2D eigenvalue weighted by atomic mass is 10.1. The van der Waals surface area contributed by atoms with Gasteiger partial charge in [-0.1, -0.05) is 50.2 Å². The molecule has 1 atom stereocenters. The SMILES string of the molecule is CC[C@@H](C)C(=O)Nc1cccc(Nc2ncnc(N3CCC(OCc4ccccc4)CC3)n2)c1. The summed E-state index contributed by atoms with van der Waals surface area (Å²) in [4.78, 5) is 27.6. The molecule has 8 heteroatoms. The van der Waals surface area contributed by atoms with Crippen LogP contribution in [0, 0.1) is 5.92 Å². The van der Waals surface area contributed by atoms with Gasteiger partial charge in [0.1, 0.15) is 6.33 Å². The van der Waals surface area contributed by atoms with Gasteiger partial charge in [-0.3, -0.25) is 4.79 Å². The summed E-state index contributed by atoms with van der Waals surface area (Å²) in [5, 5.41) is 6.18. The molecule has 1 fully saturated rings. The number of piperidine rings is 1. The van der Waals surface area contributed by atoms with E-state index in [4.69, 9.17) is 4.74 Å². The second-order valence-electron chi connectivity index (χ2n) is 8.60. The molecule has 1 aliphatic rings. The lowest BCUT2D eigenvalue weighted by Crippen LogP contribution is -2.38. The normalized spacial score (nSPS) is 15.1. The molecule has 34 heavy (non-hydrogen) atoms. The molecular weight excluding hydrogens is 428 g/mol. The molecule has 0 radical (unpaired) electrons. The Hall–Kier alpha value is -3.52. The minimum absolute atomic E-state index is 0.0123. The number of rotatable bonds is 9. The van der Waals surface area contributed by atoms with E-state index in [1.807, 2.05) is 56.3 Å². The van der Waals surface area contributed by atoms with Gasteiger partial charge in [-0.2, -0.15) is 4.98 Å². The predicted molar refractivity (Wildman–Crippen MR) is 134 cm³/mol. The average molecular weight is 461 g/mol. The molecule has 1 aromatic heterocycles. The first kappa shape index (κ1) is 23.6. The Morgan fingerprint density at radius 1 is 1.09 bits per heavy atom. The quantitative estimate of drug-likeness (QED) is 0.474. The number of nitrogens with zero attached hydrogens (tertiary/aromatic N) is 4. The predicted octanol–water partition coefficient (Wildman–Crippen LogP) is 4.79. The standard InChI is InChI=1S/C26H32N6O2/c1-3-19(2)24(33)29-21-10-7-11-22(16-21)30-25-27-18-28-26(31-25)32-14-12-23(13-15-32)34-17-20-8-5-4-6-9-20/h4-11,16,18-19,23H,3,12-15,17H2,1-2H3,(H,29,33)(H,27,28,30,31)/t19-/m1/s1. The van der Waals surface area contributed by atoms with E-state index in [9.17, 15) is 4.79 Å². The second kappa shape index (κ2) is 11.6. The number of carbonyl (C=O) groups is 1. The van der Waals surface area contributed by atoms with Gasteiger partial charge < -0.3 is 20.3 Å². The molecule has 4 rings (SSSR count). The molecule has 0 saturated carbocycles. The van der Waals surface area contributed by atoms with E-state index >= 15 is 0 Å². The van der Waals surface area contributed by atoms with Gasteiger partial charge in [0.25, 0.3) is 0 Å². The topological polar surface area (TPSA) is 92.3 Å². The zero-order valence-electron chi connectivity index (χ0n) is 19.8. The molecule has 3 aromatic rings. The number of benzene rings is 2. The number of carbonyl (C=O) groups excluding carboxylic acids is 1. The van der Waals surface area contributed by atoms with Crippen molar-refractivity contribution in [1.82, 2.24) is 15.0 Å². The third-order valence-electron chi connectivity index (χ3n) is 6.06. The summed E-state index contributed by atoms with van der Waals surface area (Å²) in [5.41, 5.74) is 2.73. The molecule has 178 valence electrons. The van der Waals surface area contributed by atoms with Crippen molar-refractivity contribution >= 4 is 29.2 Å². The van der Waals surface area contributed by atoms with E-state index < -0.39 is 0 Å². The number of nitrogens with one attached hydrogen (secondary N) is 2. The Morgan fingerprint density at radius 2 is 1.85 bits per heavy atom. The third-order valence-corrected chi connectivity index (χ3v) is 6.06. The molecule has 1 amide bonds. The Morgan fingerprint density at radius 3 is 2.62 bits per heavy atom. The van der Waals surface area contributed by atoms with Gasteiger partial charge >= 0.3 is 0 Å². The number of anilines is 4. The van der Waals surface area contributed by atoms with Crippen LogP contribution in [0.3, 0.4) is 0 Å². The van der Waals surface area contributed by atoms with Gasteiger partial charge in [0.2, 0.25) is 17.8 Å². The lowest BCUT2D eigenvalue weighted by molar-refractivity contribution is -0.119. The minimum atomic E-state index is -0.0319. The van der Waals surface area contributed by atoms with Crippen LogP contribution in [0.25, 0.3) is 0 Å². The van der Waals surface area contributed by atoms with Gasteiger partial charge in [-0.05, 0) is 43.0 Å². The van der Waals surface area contributed by atoms with E-state index in [0.717, 1.165) is 43.7 Å². The molecule has 0 unspecified atom stereocenters. The van der Waals surface area contributed by atoms with Gasteiger partial charge in [-0.15, -0.1) is 0 Å². The van der Waals surface area contributed by atoms with Crippen molar-refractivity contribution in [3.05, 3.63) is 66.5 Å². The van der Waals surface area contributed by atoms with Crippen LogP contribution in [0.5, 0.6) is 0 Å². The summed E-state index contributed by atoms with van der Waals surface area (Å²) in [5.74, 6) is 1.10. The van der Waals surface area contributed by atoms with Crippen LogP contribution in [-0.4, -0.2) is 40.1 Å². The molecule has 2 N–H and O–H groups in total. The first-order valence-electron chi connectivity index (χ1n) is 11.9. The van der Waals surface area contributed by atoms with Crippen molar-refractivity contribution in [2.75, 3.05) is 28.6 Å². The number of aromatic nitrogens is 3. The Bertz CT molecular complexity index is 1070. The van der Waals surface area contributed by atoms with Crippen molar-refractivity contribution in [2.24, 2.45) is 5.92 Å². The van der Waals surface area contributed by atoms with Crippen molar-refractivity contribution in [3.63, 3.8) is 0 Å². The Balaban J connectivity index is 1.31. The molecular formula is C26H32N6O2. The molecule has 2 aromatic carbocycles. The van der Waals surface area contributed by atoms with E-state index in [2.05, 4.69) is 42.6 Å². The van der Waals surface area contributed by atoms with Crippen LogP contribution in [0.1, 0.15) is 38.7 Å². The Labute approximate surface area is 200 Å². The van der Waals surface area contributed by atoms with E-state index in [1.54, 1.807) is 0 Å². The van der Waals surface area contributed by atoms with Crippen LogP contribution in [0.4, 0.5) is 23.3 Å². The van der Waals surface area contributed by atoms with Crippen molar-refractivity contribution in [1.29, 1.82) is 0 Å². The number of hydrogen-bond donors (Lipinski definition) is 2. The second-order valence-corrected chi connectivity index (χ2v) is 8.60. The number of hydrogen-bond acceptors (Lipinski definition) is 7. The zero-order chi connectivity index (χ0) is 23.8. The van der Waals surface area contributed by atoms with Gasteiger partial charge in [0.15, 0.2) is 0 Å². The van der Waals surface area contributed by atoms with E-state index in [0.29, 0.717) is 18.5 Å². The van der Waals surface area contributed by atoms with Crippen LogP contribution < -0.4 is 15.5 Å². The summed E-state index contributed by atoms with van der Waals surface area (Å²) < 4.78 is 6.09. The fraction of sp³-hybridized carbons (Fsp3) is 0.385. The highest BCUT2D eigenvalue weighted by Crippen LogP contribution is 2.22. The summed E-state index contributed by atoms with van der Waals surface area (Å²) in [6, 6.07) is 17.8. The van der Waals surface area contributed by atoms with E-state index in [1.165, 1.54) is 11.9 Å². The highest BCUT2D eigenvalue weighted by molar-refractivity contribution is 5.92. The van der Waals surface area contributed by atoms with Gasteiger partial charge in [-0.25, -0.2) is 9.97 Å². The van der Waals surface area contributed by atoms with Crippen molar-refractivity contribution in [2.45, 2.75) is 45.8 Å². The van der Waals surface area contributed by atoms with Gasteiger partial charge in [0.05, 0.1) is 12.7 Å². The van der Waals surface area contributed by atoms with Crippen LogP contribution in [-0.2, 0) is 16.1 Å². The molecule has 0 spiro atoms. The monoisotopic (exact) mass is 460 g/mol. The summed E-state index contributed by atoms with van der Waals surface area (Å²) in [6.07, 6.45) is 4.42. The summed E-state index contributed by atoms with van der Waals surface area (Å²) in [7, 11) is 0. The maximum Gasteiger partial charge on any atom is 0.231 e. The van der Waals surface area contributed by atoms with Crippen LogP contribution >= 0.6 is 0 Å². The van der Waals surface area contributed by atoms with E-state index in [-0.39, 0.29) is 17.9 Å². The maximum absolute atomic E-state index is 12.2. The first-order valence-corrected chi connectivity index (χ1v) is 11.9. The molecule has 1 aliphatic heterocycles. The Kier molecular flexibility index (Phi) is 8.04.